The van der Waals surface area contributed by atoms with Crippen LogP contribution in [0.5, 0.6) is 0 Å². The van der Waals surface area contributed by atoms with Crippen molar-refractivity contribution < 1.29 is 18.3 Å². The van der Waals surface area contributed by atoms with Gasteiger partial charge in [0.25, 0.3) is 0 Å². The van der Waals surface area contributed by atoms with Crippen LogP contribution in [0.15, 0.2) is 23.1 Å². The van der Waals surface area contributed by atoms with Crippen molar-refractivity contribution in [2.75, 3.05) is 0 Å². The van der Waals surface area contributed by atoms with Crippen molar-refractivity contribution in [2.24, 2.45) is 5.92 Å². The van der Waals surface area contributed by atoms with Gasteiger partial charge in [-0.05, 0) is 50.3 Å². The Bertz CT molecular complexity index is 633. The molecule has 2 N–H and O–H groups in total. The lowest BCUT2D eigenvalue weighted by atomic mass is 10.0. The van der Waals surface area contributed by atoms with Crippen LogP contribution in [0.1, 0.15) is 48.5 Å². The molecule has 1 saturated carbocycles. The SMILES string of the molecule is Cc1c(C(=O)O)cccc1S(=O)(=O)NC(C)C1CCCC1. The minimum atomic E-state index is -3.70. The van der Waals surface area contributed by atoms with E-state index >= 15 is 0 Å². The molecular formula is C15H21NO4S. The summed E-state index contributed by atoms with van der Waals surface area (Å²) in [6, 6.07) is 4.19. The Morgan fingerprint density at radius 1 is 1.33 bits per heavy atom. The molecule has 6 heteroatoms. The fourth-order valence-corrected chi connectivity index (χ4v) is 4.58. The summed E-state index contributed by atoms with van der Waals surface area (Å²) in [7, 11) is -3.70. The van der Waals surface area contributed by atoms with Crippen molar-refractivity contribution in [3.05, 3.63) is 29.3 Å². The van der Waals surface area contributed by atoms with Crippen LogP contribution in [0, 0.1) is 12.8 Å². The number of aromatic carboxylic acids is 1. The van der Waals surface area contributed by atoms with Gasteiger partial charge in [-0.15, -0.1) is 0 Å². The molecule has 1 aromatic rings. The van der Waals surface area contributed by atoms with Crippen LogP contribution in [0.4, 0.5) is 0 Å². The zero-order valence-electron chi connectivity index (χ0n) is 12.3. The molecule has 0 radical (unpaired) electrons. The fourth-order valence-electron chi connectivity index (χ4n) is 3.00. The number of hydrogen-bond donors (Lipinski definition) is 2. The normalized spacial score (nSPS) is 17.8. The lowest BCUT2D eigenvalue weighted by Crippen LogP contribution is -2.37. The number of hydrogen-bond acceptors (Lipinski definition) is 3. The summed E-state index contributed by atoms with van der Waals surface area (Å²) >= 11 is 0. The first kappa shape index (κ1) is 16.0. The number of benzene rings is 1. The largest absolute Gasteiger partial charge is 0.478 e. The molecule has 2 rings (SSSR count). The molecule has 0 spiro atoms. The average Bonchev–Trinajstić information content (AvgIpc) is 2.91. The lowest BCUT2D eigenvalue weighted by molar-refractivity contribution is 0.0696. The van der Waals surface area contributed by atoms with Gasteiger partial charge in [0.2, 0.25) is 10.0 Å². The van der Waals surface area contributed by atoms with Crippen LogP contribution in [0.2, 0.25) is 0 Å². The quantitative estimate of drug-likeness (QED) is 0.875. The minimum Gasteiger partial charge on any atom is -0.478 e. The summed E-state index contributed by atoms with van der Waals surface area (Å²) in [5.41, 5.74) is 0.294. The molecule has 116 valence electrons. The Labute approximate surface area is 125 Å². The van der Waals surface area contributed by atoms with Crippen LogP contribution in [-0.4, -0.2) is 25.5 Å². The maximum atomic E-state index is 12.5. The van der Waals surface area contributed by atoms with Crippen LogP contribution in [-0.2, 0) is 10.0 Å². The Morgan fingerprint density at radius 3 is 2.52 bits per heavy atom. The Hall–Kier alpha value is -1.40. The highest BCUT2D eigenvalue weighted by Gasteiger charge is 2.27. The Kier molecular flexibility index (Phi) is 4.68. The Morgan fingerprint density at radius 2 is 1.95 bits per heavy atom. The zero-order valence-corrected chi connectivity index (χ0v) is 13.1. The van der Waals surface area contributed by atoms with Gasteiger partial charge in [-0.1, -0.05) is 18.9 Å². The van der Waals surface area contributed by atoms with E-state index in [1.165, 1.54) is 25.1 Å². The average molecular weight is 311 g/mol. The van der Waals surface area contributed by atoms with Crippen molar-refractivity contribution in [1.29, 1.82) is 0 Å². The van der Waals surface area contributed by atoms with Crippen molar-refractivity contribution in [2.45, 2.75) is 50.5 Å². The first-order chi connectivity index (χ1) is 9.83. The molecule has 0 aromatic heterocycles. The molecule has 1 aliphatic rings. The molecule has 1 aromatic carbocycles. The summed E-state index contributed by atoms with van der Waals surface area (Å²) in [4.78, 5) is 11.2. The smallest absolute Gasteiger partial charge is 0.335 e. The van der Waals surface area contributed by atoms with Gasteiger partial charge < -0.3 is 5.11 Å². The zero-order chi connectivity index (χ0) is 15.6. The number of carboxylic acid groups (broad SMARTS) is 1. The van der Waals surface area contributed by atoms with Crippen molar-refractivity contribution in [3.8, 4) is 0 Å². The fraction of sp³-hybridized carbons (Fsp3) is 0.533. The van der Waals surface area contributed by atoms with Gasteiger partial charge in [-0.25, -0.2) is 17.9 Å². The third-order valence-corrected chi connectivity index (χ3v) is 5.96. The molecule has 0 heterocycles. The van der Waals surface area contributed by atoms with Gasteiger partial charge in [-0.2, -0.15) is 0 Å². The standard InChI is InChI=1S/C15H21NO4S/c1-10-13(15(17)18)8-5-9-14(10)21(19,20)16-11(2)12-6-3-4-7-12/h5,8-9,11-12,16H,3-4,6-7H2,1-2H3,(H,17,18). The van der Waals surface area contributed by atoms with E-state index < -0.39 is 16.0 Å². The van der Waals surface area contributed by atoms with Crippen LogP contribution in [0.3, 0.4) is 0 Å². The van der Waals surface area contributed by atoms with Gasteiger partial charge >= 0.3 is 5.97 Å². The highest BCUT2D eigenvalue weighted by Crippen LogP contribution is 2.28. The monoisotopic (exact) mass is 311 g/mol. The predicted molar refractivity (Wildman–Crippen MR) is 79.9 cm³/mol. The summed E-state index contributed by atoms with van der Waals surface area (Å²) in [6.45, 7) is 3.40. The van der Waals surface area contributed by atoms with E-state index in [1.54, 1.807) is 0 Å². The molecule has 5 nitrogen and oxygen atoms in total. The second kappa shape index (κ2) is 6.15. The number of carbonyl (C=O) groups is 1. The van der Waals surface area contributed by atoms with E-state index in [2.05, 4.69) is 4.72 Å². The molecule has 0 saturated heterocycles. The molecule has 21 heavy (non-hydrogen) atoms. The van der Waals surface area contributed by atoms with Gasteiger partial charge in [-0.3, -0.25) is 0 Å². The third-order valence-electron chi connectivity index (χ3n) is 4.25. The summed E-state index contributed by atoms with van der Waals surface area (Å²) in [5, 5.41) is 9.10. The van der Waals surface area contributed by atoms with Crippen LogP contribution >= 0.6 is 0 Å². The molecule has 0 aliphatic heterocycles. The number of rotatable bonds is 5. The number of sulfonamides is 1. The first-order valence-electron chi connectivity index (χ1n) is 7.18. The molecule has 1 aliphatic carbocycles. The van der Waals surface area contributed by atoms with Gasteiger partial charge in [0.1, 0.15) is 0 Å². The van der Waals surface area contributed by atoms with E-state index in [4.69, 9.17) is 5.11 Å². The number of carboxylic acids is 1. The number of nitrogens with one attached hydrogen (secondary N) is 1. The summed E-state index contributed by atoms with van der Waals surface area (Å²) in [5.74, 6) is -0.754. The predicted octanol–water partition coefficient (Wildman–Crippen LogP) is 2.55. The highest BCUT2D eigenvalue weighted by atomic mass is 32.2. The van der Waals surface area contributed by atoms with Crippen LogP contribution in [0.25, 0.3) is 0 Å². The summed E-state index contributed by atoms with van der Waals surface area (Å²) < 4.78 is 27.7. The molecule has 0 bridgehead atoms. The van der Waals surface area contributed by atoms with Crippen molar-refractivity contribution >= 4 is 16.0 Å². The summed E-state index contributed by atoms with van der Waals surface area (Å²) in [6.07, 6.45) is 4.37. The van der Waals surface area contributed by atoms with Gasteiger partial charge in [0, 0.05) is 6.04 Å². The highest BCUT2D eigenvalue weighted by molar-refractivity contribution is 7.89. The Balaban J connectivity index is 2.27. The second-order valence-electron chi connectivity index (χ2n) is 5.69. The van der Waals surface area contributed by atoms with E-state index in [9.17, 15) is 13.2 Å². The lowest BCUT2D eigenvalue weighted by Gasteiger charge is -2.21. The van der Waals surface area contributed by atoms with E-state index in [-0.39, 0.29) is 22.1 Å². The maximum absolute atomic E-state index is 12.5. The van der Waals surface area contributed by atoms with E-state index in [0.29, 0.717) is 5.92 Å². The third kappa shape index (κ3) is 3.44. The molecular weight excluding hydrogens is 290 g/mol. The van der Waals surface area contributed by atoms with Gasteiger partial charge in [0.05, 0.1) is 10.5 Å². The van der Waals surface area contributed by atoms with Gasteiger partial charge in [0.15, 0.2) is 0 Å². The first-order valence-corrected chi connectivity index (χ1v) is 8.66. The molecule has 1 atom stereocenters. The topological polar surface area (TPSA) is 83.5 Å². The minimum absolute atomic E-state index is 0.0198. The maximum Gasteiger partial charge on any atom is 0.335 e. The van der Waals surface area contributed by atoms with Crippen molar-refractivity contribution in [1.82, 2.24) is 4.72 Å². The molecule has 1 fully saturated rings. The van der Waals surface area contributed by atoms with Crippen LogP contribution < -0.4 is 4.72 Å². The van der Waals surface area contributed by atoms with E-state index in [1.807, 2.05) is 6.92 Å². The second-order valence-corrected chi connectivity index (χ2v) is 7.37. The molecule has 0 amide bonds. The van der Waals surface area contributed by atoms with E-state index in [0.717, 1.165) is 25.7 Å². The van der Waals surface area contributed by atoms with Crippen molar-refractivity contribution in [3.63, 3.8) is 0 Å². The molecule has 1 unspecified atom stereocenters.